The molecule has 1 N–H and O–H groups in total. The second-order valence-corrected chi connectivity index (χ2v) is 6.15. The van der Waals surface area contributed by atoms with Gasteiger partial charge in [-0.05, 0) is 32.2 Å². The molecule has 0 aromatic carbocycles. The highest BCUT2D eigenvalue weighted by Gasteiger charge is 2.50. The summed E-state index contributed by atoms with van der Waals surface area (Å²) < 4.78 is -0.389. The Morgan fingerprint density at radius 3 is 2.79 bits per heavy atom. The van der Waals surface area contributed by atoms with Gasteiger partial charge in [-0.2, -0.15) is 0 Å². The molecule has 1 saturated heterocycles. The Morgan fingerprint density at radius 1 is 1.50 bits per heavy atom. The molecule has 2 unspecified atom stereocenters. The predicted octanol–water partition coefficient (Wildman–Crippen LogP) is 1.86. The highest BCUT2D eigenvalue weighted by atomic mass is 35.5. The van der Waals surface area contributed by atoms with E-state index >= 15 is 0 Å². The fraction of sp³-hybridized carbons (Fsp3) is 1.00. The summed E-state index contributed by atoms with van der Waals surface area (Å²) in [5.74, 6) is 0.538. The molecule has 0 spiro atoms. The first-order valence-electron chi connectivity index (χ1n) is 5.41. The molecule has 2 fully saturated rings. The van der Waals surface area contributed by atoms with Crippen molar-refractivity contribution in [3.05, 3.63) is 0 Å². The molecular weight excluding hydrogens is 219 g/mol. The number of hydrogen-bond acceptors (Lipinski definition) is 2. The summed E-state index contributed by atoms with van der Waals surface area (Å²) in [6.07, 6.45) is 2.14. The number of nitrogens with one attached hydrogen (secondary N) is 1. The quantitative estimate of drug-likeness (QED) is 0.754. The van der Waals surface area contributed by atoms with Crippen molar-refractivity contribution in [3.63, 3.8) is 0 Å². The molecule has 1 heterocycles. The van der Waals surface area contributed by atoms with E-state index in [1.807, 2.05) is 0 Å². The van der Waals surface area contributed by atoms with Crippen LogP contribution in [0.5, 0.6) is 0 Å². The maximum atomic E-state index is 5.99. The number of alkyl halides is 2. The lowest BCUT2D eigenvalue weighted by atomic mass is 10.2. The lowest BCUT2D eigenvalue weighted by molar-refractivity contribution is 0.202. The third kappa shape index (κ3) is 2.75. The average molecular weight is 237 g/mol. The Bertz CT molecular complexity index is 208. The molecule has 1 saturated carbocycles. The van der Waals surface area contributed by atoms with Crippen LogP contribution < -0.4 is 5.32 Å². The van der Waals surface area contributed by atoms with Gasteiger partial charge in [0, 0.05) is 25.7 Å². The molecule has 4 heteroatoms. The van der Waals surface area contributed by atoms with E-state index in [1.54, 1.807) is 0 Å². The summed E-state index contributed by atoms with van der Waals surface area (Å²) in [5.41, 5.74) is 0. The molecular formula is C10H18Cl2N2. The highest BCUT2D eigenvalue weighted by Crippen LogP contribution is 2.54. The Kier molecular flexibility index (Phi) is 3.27. The van der Waals surface area contributed by atoms with Gasteiger partial charge in [-0.3, -0.25) is 0 Å². The predicted molar refractivity (Wildman–Crippen MR) is 61.1 cm³/mol. The minimum Gasteiger partial charge on any atom is -0.312 e. The fourth-order valence-electron chi connectivity index (χ4n) is 2.14. The topological polar surface area (TPSA) is 15.3 Å². The second-order valence-electron chi connectivity index (χ2n) is 4.61. The standard InChI is InChI=1S/C10H18Cl2N2/c1-8-7-14(5-3-13-8)4-2-9-6-10(9,11)12/h8-9,13H,2-7H2,1H3. The molecule has 0 aromatic heterocycles. The monoisotopic (exact) mass is 236 g/mol. The third-order valence-electron chi connectivity index (χ3n) is 3.20. The fourth-order valence-corrected chi connectivity index (χ4v) is 2.73. The molecule has 82 valence electrons. The van der Waals surface area contributed by atoms with Crippen molar-refractivity contribution in [2.45, 2.75) is 30.1 Å². The van der Waals surface area contributed by atoms with Crippen LogP contribution >= 0.6 is 23.2 Å². The third-order valence-corrected chi connectivity index (χ3v) is 4.13. The molecule has 0 amide bonds. The van der Waals surface area contributed by atoms with E-state index in [9.17, 15) is 0 Å². The number of rotatable bonds is 3. The zero-order valence-electron chi connectivity index (χ0n) is 8.60. The van der Waals surface area contributed by atoms with E-state index in [0.29, 0.717) is 12.0 Å². The van der Waals surface area contributed by atoms with Gasteiger partial charge in [0.2, 0.25) is 0 Å². The van der Waals surface area contributed by atoms with Crippen LogP contribution in [0.1, 0.15) is 19.8 Å². The van der Waals surface area contributed by atoms with Crippen LogP contribution in [0.25, 0.3) is 0 Å². The van der Waals surface area contributed by atoms with Crippen molar-refractivity contribution in [2.75, 3.05) is 26.2 Å². The van der Waals surface area contributed by atoms with E-state index in [-0.39, 0.29) is 4.33 Å². The SMILES string of the molecule is CC1CN(CCC2CC2(Cl)Cl)CCN1. The zero-order valence-corrected chi connectivity index (χ0v) is 10.1. The van der Waals surface area contributed by atoms with Crippen molar-refractivity contribution >= 4 is 23.2 Å². The number of hydrogen-bond donors (Lipinski definition) is 1. The molecule has 2 aliphatic rings. The minimum atomic E-state index is -0.389. The first kappa shape index (κ1) is 11.0. The van der Waals surface area contributed by atoms with E-state index in [1.165, 1.54) is 0 Å². The van der Waals surface area contributed by atoms with Crippen LogP contribution in [0.4, 0.5) is 0 Å². The zero-order chi connectivity index (χ0) is 10.2. The molecule has 2 atom stereocenters. The molecule has 14 heavy (non-hydrogen) atoms. The Hall–Kier alpha value is 0.500. The van der Waals surface area contributed by atoms with Gasteiger partial charge in [-0.1, -0.05) is 0 Å². The van der Waals surface area contributed by atoms with Gasteiger partial charge in [0.25, 0.3) is 0 Å². The Balaban J connectivity index is 1.66. The maximum Gasteiger partial charge on any atom is 0.121 e. The summed E-state index contributed by atoms with van der Waals surface area (Å²) in [7, 11) is 0. The molecule has 2 nitrogen and oxygen atoms in total. The normalized spacial score (nSPS) is 37.1. The van der Waals surface area contributed by atoms with Crippen molar-refractivity contribution < 1.29 is 0 Å². The van der Waals surface area contributed by atoms with E-state index < -0.39 is 0 Å². The number of halogens is 2. The lowest BCUT2D eigenvalue weighted by Crippen LogP contribution is -2.49. The summed E-state index contributed by atoms with van der Waals surface area (Å²) >= 11 is 12.0. The van der Waals surface area contributed by atoms with Gasteiger partial charge < -0.3 is 10.2 Å². The summed E-state index contributed by atoms with van der Waals surface area (Å²) in [6, 6.07) is 0.625. The second kappa shape index (κ2) is 4.17. The first-order chi connectivity index (χ1) is 6.58. The van der Waals surface area contributed by atoms with Gasteiger partial charge >= 0.3 is 0 Å². The van der Waals surface area contributed by atoms with Crippen LogP contribution in [0.15, 0.2) is 0 Å². The van der Waals surface area contributed by atoms with Crippen LogP contribution in [-0.2, 0) is 0 Å². The molecule has 0 aromatic rings. The number of piperazine rings is 1. The van der Waals surface area contributed by atoms with Crippen molar-refractivity contribution in [1.82, 2.24) is 10.2 Å². The molecule has 2 rings (SSSR count). The highest BCUT2D eigenvalue weighted by molar-refractivity contribution is 6.50. The van der Waals surface area contributed by atoms with Gasteiger partial charge in [-0.15, -0.1) is 23.2 Å². The lowest BCUT2D eigenvalue weighted by Gasteiger charge is -2.31. The molecule has 1 aliphatic carbocycles. The Morgan fingerprint density at radius 2 is 2.21 bits per heavy atom. The van der Waals surface area contributed by atoms with Gasteiger partial charge in [-0.25, -0.2) is 0 Å². The van der Waals surface area contributed by atoms with Crippen molar-refractivity contribution in [1.29, 1.82) is 0 Å². The van der Waals surface area contributed by atoms with Crippen molar-refractivity contribution in [3.8, 4) is 0 Å². The van der Waals surface area contributed by atoms with Crippen LogP contribution in [0.2, 0.25) is 0 Å². The smallest absolute Gasteiger partial charge is 0.121 e. The largest absolute Gasteiger partial charge is 0.312 e. The van der Waals surface area contributed by atoms with Crippen molar-refractivity contribution in [2.24, 2.45) is 5.92 Å². The molecule has 0 radical (unpaired) electrons. The van der Waals surface area contributed by atoms with E-state index in [2.05, 4.69) is 17.1 Å². The maximum absolute atomic E-state index is 5.99. The van der Waals surface area contributed by atoms with Gasteiger partial charge in [0.1, 0.15) is 4.33 Å². The summed E-state index contributed by atoms with van der Waals surface area (Å²) in [4.78, 5) is 2.50. The molecule has 1 aliphatic heterocycles. The molecule has 0 bridgehead atoms. The van der Waals surface area contributed by atoms with E-state index in [4.69, 9.17) is 23.2 Å². The first-order valence-corrected chi connectivity index (χ1v) is 6.17. The summed E-state index contributed by atoms with van der Waals surface area (Å²) in [5, 5.41) is 3.44. The van der Waals surface area contributed by atoms with Crippen LogP contribution in [0.3, 0.4) is 0 Å². The number of nitrogens with zero attached hydrogens (tertiary/aromatic N) is 1. The van der Waals surface area contributed by atoms with Gasteiger partial charge in [0.15, 0.2) is 0 Å². The minimum absolute atomic E-state index is 0.389. The van der Waals surface area contributed by atoms with Crippen LogP contribution in [0, 0.1) is 5.92 Å². The van der Waals surface area contributed by atoms with Gasteiger partial charge in [0.05, 0.1) is 0 Å². The summed E-state index contributed by atoms with van der Waals surface area (Å²) in [6.45, 7) is 6.81. The Labute approximate surface area is 95.9 Å². The average Bonchev–Trinajstić information content (AvgIpc) is 2.71. The van der Waals surface area contributed by atoms with E-state index in [0.717, 1.165) is 39.0 Å². The van der Waals surface area contributed by atoms with Crippen LogP contribution in [-0.4, -0.2) is 41.5 Å².